The summed E-state index contributed by atoms with van der Waals surface area (Å²) in [5.41, 5.74) is 3.35. The molecule has 0 bridgehead atoms. The zero-order valence-corrected chi connectivity index (χ0v) is 18.4. The molecule has 1 unspecified atom stereocenters. The van der Waals surface area contributed by atoms with Crippen molar-refractivity contribution < 1.29 is 4.79 Å². The third-order valence-electron chi connectivity index (χ3n) is 7.16. The van der Waals surface area contributed by atoms with Gasteiger partial charge in [-0.1, -0.05) is 6.92 Å². The van der Waals surface area contributed by atoms with Crippen molar-refractivity contribution in [1.29, 1.82) is 0 Å². The molecule has 29 heavy (non-hydrogen) atoms. The second kappa shape index (κ2) is 8.92. The van der Waals surface area contributed by atoms with Crippen LogP contribution in [0, 0.1) is 6.92 Å². The fourth-order valence-corrected chi connectivity index (χ4v) is 5.19. The molecule has 3 aliphatic rings. The van der Waals surface area contributed by atoms with Crippen LogP contribution < -0.4 is 10.2 Å². The van der Waals surface area contributed by atoms with Crippen molar-refractivity contribution >= 4 is 17.4 Å². The Morgan fingerprint density at radius 2 is 1.90 bits per heavy atom. The van der Waals surface area contributed by atoms with Gasteiger partial charge in [0.1, 0.15) is 0 Å². The van der Waals surface area contributed by atoms with Crippen molar-refractivity contribution in [2.24, 2.45) is 0 Å². The number of likely N-dealkylation sites (tertiary alicyclic amines) is 1. The Labute approximate surface area is 175 Å². The summed E-state index contributed by atoms with van der Waals surface area (Å²) < 4.78 is 0. The normalized spacial score (nSPS) is 26.3. The molecule has 1 N–H and O–H groups in total. The number of hydrogen-bond acceptors (Lipinski definition) is 4. The summed E-state index contributed by atoms with van der Waals surface area (Å²) in [4.78, 5) is 22.2. The van der Waals surface area contributed by atoms with Gasteiger partial charge in [0.2, 0.25) is 0 Å². The van der Waals surface area contributed by atoms with Gasteiger partial charge in [0, 0.05) is 62.7 Å². The van der Waals surface area contributed by atoms with E-state index < -0.39 is 0 Å². The molecule has 0 spiro atoms. The summed E-state index contributed by atoms with van der Waals surface area (Å²) in [7, 11) is 0. The molecule has 3 fully saturated rings. The highest BCUT2D eigenvalue weighted by atomic mass is 16.2. The highest BCUT2D eigenvalue weighted by molar-refractivity contribution is 5.90. The van der Waals surface area contributed by atoms with Crippen LogP contribution in [-0.4, -0.2) is 85.2 Å². The zero-order valence-electron chi connectivity index (χ0n) is 18.4. The fourth-order valence-electron chi connectivity index (χ4n) is 5.19. The van der Waals surface area contributed by atoms with E-state index >= 15 is 0 Å². The van der Waals surface area contributed by atoms with Gasteiger partial charge in [-0.05, 0) is 70.0 Å². The quantitative estimate of drug-likeness (QED) is 0.844. The molecule has 3 heterocycles. The first-order valence-electron chi connectivity index (χ1n) is 11.4. The van der Waals surface area contributed by atoms with Gasteiger partial charge in [-0.15, -0.1) is 0 Å². The Kier molecular flexibility index (Phi) is 6.30. The Balaban J connectivity index is 1.34. The minimum Gasteiger partial charge on any atom is -0.370 e. The summed E-state index contributed by atoms with van der Waals surface area (Å²) in [6.45, 7) is 14.8. The minimum absolute atomic E-state index is 0.0286. The van der Waals surface area contributed by atoms with Gasteiger partial charge in [-0.25, -0.2) is 4.79 Å². The molecule has 6 heteroatoms. The second-order valence-electron chi connectivity index (χ2n) is 8.97. The first-order chi connectivity index (χ1) is 14.0. The molecule has 0 radical (unpaired) electrons. The van der Waals surface area contributed by atoms with Crippen molar-refractivity contribution in [3.63, 3.8) is 0 Å². The Morgan fingerprint density at radius 1 is 1.10 bits per heavy atom. The van der Waals surface area contributed by atoms with Crippen LogP contribution in [0.25, 0.3) is 0 Å². The highest BCUT2D eigenvalue weighted by Gasteiger charge is 2.33. The van der Waals surface area contributed by atoms with Crippen molar-refractivity contribution in [3.8, 4) is 0 Å². The number of hydrogen-bond donors (Lipinski definition) is 1. The first kappa shape index (κ1) is 20.5. The average Bonchev–Trinajstić information content (AvgIpc) is 3.38. The largest absolute Gasteiger partial charge is 0.370 e. The molecule has 3 aliphatic heterocycles. The number of urea groups is 1. The highest BCUT2D eigenvalue weighted by Crippen LogP contribution is 2.30. The topological polar surface area (TPSA) is 42.1 Å². The van der Waals surface area contributed by atoms with Crippen molar-refractivity contribution in [2.75, 3.05) is 62.6 Å². The number of nitrogens with zero attached hydrogens (tertiary/aromatic N) is 4. The SMILES string of the molecule is CCN1CCN(C(=O)Nc2ccc(N3CCC(N4CCC[C@@H]4C)C3)cc2C)CC1. The number of carbonyl (C=O) groups excluding carboxylic acids is 1. The lowest BCUT2D eigenvalue weighted by Gasteiger charge is -2.34. The van der Waals surface area contributed by atoms with Gasteiger partial charge in [0.05, 0.1) is 0 Å². The van der Waals surface area contributed by atoms with Gasteiger partial charge in [-0.3, -0.25) is 4.90 Å². The summed E-state index contributed by atoms with van der Waals surface area (Å²) in [6, 6.07) is 7.94. The van der Waals surface area contributed by atoms with E-state index in [2.05, 4.69) is 59.0 Å². The van der Waals surface area contributed by atoms with Crippen LogP contribution in [0.3, 0.4) is 0 Å². The molecule has 6 nitrogen and oxygen atoms in total. The maximum Gasteiger partial charge on any atom is 0.321 e. The van der Waals surface area contributed by atoms with Gasteiger partial charge in [0.25, 0.3) is 0 Å². The van der Waals surface area contributed by atoms with Gasteiger partial charge in [-0.2, -0.15) is 0 Å². The molecule has 1 aromatic rings. The summed E-state index contributed by atoms with van der Waals surface area (Å²) >= 11 is 0. The lowest BCUT2D eigenvalue weighted by molar-refractivity contribution is 0.151. The number of likely N-dealkylation sites (N-methyl/N-ethyl adjacent to an activating group) is 1. The van der Waals surface area contributed by atoms with Crippen LogP contribution >= 0.6 is 0 Å². The second-order valence-corrected chi connectivity index (χ2v) is 8.97. The van der Waals surface area contributed by atoms with E-state index in [4.69, 9.17) is 0 Å². The monoisotopic (exact) mass is 399 g/mol. The van der Waals surface area contributed by atoms with Crippen molar-refractivity contribution in [1.82, 2.24) is 14.7 Å². The maximum absolute atomic E-state index is 12.7. The predicted octanol–water partition coefficient (Wildman–Crippen LogP) is 3.23. The van der Waals surface area contributed by atoms with Crippen LogP contribution in [0.4, 0.5) is 16.2 Å². The van der Waals surface area contributed by atoms with Gasteiger partial charge in [0.15, 0.2) is 0 Å². The van der Waals surface area contributed by atoms with Crippen LogP contribution in [0.2, 0.25) is 0 Å². The third-order valence-corrected chi connectivity index (χ3v) is 7.16. The number of carbonyl (C=O) groups is 1. The number of amides is 2. The molecule has 160 valence electrons. The van der Waals surface area contributed by atoms with Gasteiger partial charge >= 0.3 is 6.03 Å². The van der Waals surface area contributed by atoms with Crippen LogP contribution in [0.1, 0.15) is 38.7 Å². The Bertz CT molecular complexity index is 715. The van der Waals surface area contributed by atoms with E-state index in [9.17, 15) is 4.79 Å². The Hall–Kier alpha value is -1.79. The van der Waals surface area contributed by atoms with Crippen LogP contribution in [-0.2, 0) is 0 Å². The lowest BCUT2D eigenvalue weighted by Crippen LogP contribution is -2.49. The van der Waals surface area contributed by atoms with E-state index in [1.165, 1.54) is 31.5 Å². The molecule has 0 saturated carbocycles. The molecule has 3 saturated heterocycles. The van der Waals surface area contributed by atoms with Crippen LogP contribution in [0.15, 0.2) is 18.2 Å². The van der Waals surface area contributed by atoms with E-state index in [-0.39, 0.29) is 6.03 Å². The standard InChI is InChI=1S/C23H37N5O/c1-4-25-12-14-26(15-13-25)23(29)24-22-8-7-20(16-18(22)2)27-11-9-21(17-27)28-10-5-6-19(28)3/h7-8,16,19,21H,4-6,9-15,17H2,1-3H3,(H,24,29)/t19-,21?/m0/s1. The maximum atomic E-state index is 12.7. The number of anilines is 2. The van der Waals surface area contributed by atoms with Crippen molar-refractivity contribution in [3.05, 3.63) is 23.8 Å². The van der Waals surface area contributed by atoms with Crippen molar-refractivity contribution in [2.45, 2.75) is 52.1 Å². The van der Waals surface area contributed by atoms with E-state index in [1.807, 2.05) is 4.90 Å². The summed E-state index contributed by atoms with van der Waals surface area (Å²) in [5, 5.41) is 3.13. The molecule has 0 aliphatic carbocycles. The number of aryl methyl sites for hydroxylation is 1. The number of nitrogens with one attached hydrogen (secondary N) is 1. The average molecular weight is 400 g/mol. The molecule has 2 atom stereocenters. The molecule has 2 amide bonds. The first-order valence-corrected chi connectivity index (χ1v) is 11.4. The number of rotatable bonds is 4. The molecular weight excluding hydrogens is 362 g/mol. The summed E-state index contributed by atoms with van der Waals surface area (Å²) in [5.74, 6) is 0. The molecule has 1 aromatic carbocycles. The van der Waals surface area contributed by atoms with Gasteiger partial charge < -0.3 is 20.0 Å². The molecular formula is C23H37N5O. The number of piperazine rings is 1. The van der Waals surface area contributed by atoms with E-state index in [0.29, 0.717) is 6.04 Å². The van der Waals surface area contributed by atoms with E-state index in [1.54, 1.807) is 0 Å². The minimum atomic E-state index is 0.0286. The zero-order chi connectivity index (χ0) is 20.4. The molecule has 4 rings (SSSR count). The third kappa shape index (κ3) is 4.53. The van der Waals surface area contributed by atoms with Crippen LogP contribution in [0.5, 0.6) is 0 Å². The lowest BCUT2D eigenvalue weighted by atomic mass is 10.1. The number of benzene rings is 1. The van der Waals surface area contributed by atoms with E-state index in [0.717, 1.165) is 63.1 Å². The predicted molar refractivity (Wildman–Crippen MR) is 120 cm³/mol. The fraction of sp³-hybridized carbons (Fsp3) is 0.696. The smallest absolute Gasteiger partial charge is 0.321 e. The Morgan fingerprint density at radius 3 is 2.55 bits per heavy atom. The summed E-state index contributed by atoms with van der Waals surface area (Å²) in [6.07, 6.45) is 3.95. The molecule has 0 aromatic heterocycles.